The number of carbonyl (C=O) groups is 1. The Labute approximate surface area is 177 Å². The summed E-state index contributed by atoms with van der Waals surface area (Å²) in [7, 11) is 0. The highest BCUT2D eigenvalue weighted by Crippen LogP contribution is 2.37. The van der Waals surface area contributed by atoms with Crippen molar-refractivity contribution in [3.8, 4) is 0 Å². The van der Waals surface area contributed by atoms with Gasteiger partial charge in [-0.1, -0.05) is 24.3 Å². The van der Waals surface area contributed by atoms with Crippen molar-refractivity contribution in [1.29, 1.82) is 0 Å². The van der Waals surface area contributed by atoms with Crippen LogP contribution >= 0.6 is 0 Å². The average molecular weight is 456 g/mol. The van der Waals surface area contributed by atoms with Crippen LogP contribution in [0.1, 0.15) is 38.4 Å². The second-order valence-corrected chi connectivity index (χ2v) is 7.12. The van der Waals surface area contributed by atoms with Gasteiger partial charge in [0.1, 0.15) is 0 Å². The molecule has 0 atom stereocenters. The molecule has 0 amide bonds. The van der Waals surface area contributed by atoms with Crippen molar-refractivity contribution < 1.29 is 36.2 Å². The number of aromatic amines is 2. The molecule has 0 unspecified atom stereocenters. The molecule has 2 heterocycles. The van der Waals surface area contributed by atoms with E-state index in [1.54, 1.807) is 26.0 Å². The number of aliphatic hydroxyl groups excluding tert-OH is 1. The molecule has 2 aromatic carbocycles. The predicted octanol–water partition coefficient (Wildman–Crippen LogP) is 6.30. The van der Waals surface area contributed by atoms with Crippen molar-refractivity contribution in [2.24, 2.45) is 0 Å². The first kappa shape index (κ1) is 23.4. The van der Waals surface area contributed by atoms with E-state index in [0.29, 0.717) is 33.9 Å². The fourth-order valence-corrected chi connectivity index (χ4v) is 3.53. The number of aromatic nitrogens is 2. The molecule has 0 radical (unpaired) electrons. The van der Waals surface area contributed by atoms with Crippen molar-refractivity contribution in [2.75, 3.05) is 0 Å². The van der Waals surface area contributed by atoms with E-state index in [2.05, 4.69) is 9.97 Å². The second kappa shape index (κ2) is 8.34. The summed E-state index contributed by atoms with van der Waals surface area (Å²) in [6.45, 7) is 3.01. The van der Waals surface area contributed by atoms with E-state index in [1.807, 2.05) is 0 Å². The number of aldehydes is 1. The van der Waals surface area contributed by atoms with Gasteiger partial charge < -0.3 is 15.1 Å². The lowest BCUT2D eigenvalue weighted by molar-refractivity contribution is -0.137. The van der Waals surface area contributed by atoms with Crippen LogP contribution in [0.4, 0.5) is 26.3 Å². The smallest absolute Gasteiger partial charge is 0.390 e. The number of aliphatic hydroxyl groups is 1. The molecule has 0 fully saturated rings. The summed E-state index contributed by atoms with van der Waals surface area (Å²) in [5, 5.41) is 9.93. The van der Waals surface area contributed by atoms with E-state index < -0.39 is 23.5 Å². The topological polar surface area (TPSA) is 68.9 Å². The minimum atomic E-state index is -4.42. The summed E-state index contributed by atoms with van der Waals surface area (Å²) in [5.41, 5.74) is 0.359. The number of carbonyl (C=O) groups excluding carboxylic acids is 1. The van der Waals surface area contributed by atoms with Crippen molar-refractivity contribution in [3.05, 3.63) is 70.0 Å². The van der Waals surface area contributed by atoms with Crippen molar-refractivity contribution >= 4 is 28.1 Å². The lowest BCUT2D eigenvalue weighted by atomic mass is 10.1. The van der Waals surface area contributed by atoms with Crippen molar-refractivity contribution in [1.82, 2.24) is 9.97 Å². The fraction of sp³-hybridized carbons (Fsp3) is 0.227. The molecule has 0 aliphatic rings. The Balaban J connectivity index is 0.000000181. The molecule has 0 saturated carbocycles. The van der Waals surface area contributed by atoms with Gasteiger partial charge in [0, 0.05) is 16.5 Å². The third kappa shape index (κ3) is 4.22. The molecule has 4 nitrogen and oxygen atoms in total. The first-order valence-electron chi connectivity index (χ1n) is 9.32. The second-order valence-electron chi connectivity index (χ2n) is 7.12. The first-order valence-corrected chi connectivity index (χ1v) is 9.32. The Morgan fingerprint density at radius 3 is 1.72 bits per heavy atom. The third-order valence-electron chi connectivity index (χ3n) is 5.22. The van der Waals surface area contributed by atoms with Crippen LogP contribution in [0.2, 0.25) is 0 Å². The molecule has 4 aromatic rings. The van der Waals surface area contributed by atoms with Gasteiger partial charge in [-0.05, 0) is 37.1 Å². The van der Waals surface area contributed by atoms with Gasteiger partial charge in [-0.25, -0.2) is 0 Å². The van der Waals surface area contributed by atoms with Crippen LogP contribution in [-0.2, 0) is 19.0 Å². The summed E-state index contributed by atoms with van der Waals surface area (Å²) in [6.07, 6.45) is -8.28. The largest absolute Gasteiger partial charge is 0.418 e. The van der Waals surface area contributed by atoms with E-state index in [-0.39, 0.29) is 23.3 Å². The number of halogens is 6. The van der Waals surface area contributed by atoms with Gasteiger partial charge >= 0.3 is 12.4 Å². The van der Waals surface area contributed by atoms with Gasteiger partial charge in [-0.3, -0.25) is 4.79 Å². The normalized spacial score (nSPS) is 12.2. The summed E-state index contributed by atoms with van der Waals surface area (Å²) < 4.78 is 76.0. The van der Waals surface area contributed by atoms with E-state index in [9.17, 15) is 31.1 Å². The van der Waals surface area contributed by atoms with Gasteiger partial charge in [0.15, 0.2) is 6.29 Å². The first-order chi connectivity index (χ1) is 14.9. The number of alkyl halides is 6. The van der Waals surface area contributed by atoms with Crippen LogP contribution in [-0.4, -0.2) is 21.4 Å². The van der Waals surface area contributed by atoms with Crippen molar-refractivity contribution in [2.45, 2.75) is 32.8 Å². The molecular weight excluding hydrogens is 438 g/mol. The maximum atomic E-state index is 12.7. The number of H-pyrrole nitrogens is 2. The molecule has 0 aliphatic carbocycles. The zero-order valence-electron chi connectivity index (χ0n) is 16.9. The number of fused-ring (bicyclic) bond motifs is 2. The Morgan fingerprint density at radius 2 is 1.28 bits per heavy atom. The summed E-state index contributed by atoms with van der Waals surface area (Å²) in [5.74, 6) is 0. The van der Waals surface area contributed by atoms with Gasteiger partial charge in [-0.2, -0.15) is 26.3 Å². The predicted molar refractivity (Wildman–Crippen MR) is 107 cm³/mol. The minimum Gasteiger partial charge on any atom is -0.390 e. The fourth-order valence-electron chi connectivity index (χ4n) is 3.53. The van der Waals surface area contributed by atoms with Gasteiger partial charge in [-0.15, -0.1) is 0 Å². The zero-order valence-corrected chi connectivity index (χ0v) is 16.9. The lowest BCUT2D eigenvalue weighted by Gasteiger charge is -2.07. The van der Waals surface area contributed by atoms with E-state index in [0.717, 1.165) is 12.1 Å². The maximum absolute atomic E-state index is 12.7. The van der Waals surface area contributed by atoms with Crippen molar-refractivity contribution in [3.63, 3.8) is 0 Å². The van der Waals surface area contributed by atoms with E-state index >= 15 is 0 Å². The molecule has 0 bridgehead atoms. The Kier molecular flexibility index (Phi) is 6.10. The number of aryl methyl sites for hydroxylation is 2. The van der Waals surface area contributed by atoms with Crippen LogP contribution in [0.3, 0.4) is 0 Å². The molecular formula is C22H18F6N2O2. The van der Waals surface area contributed by atoms with Gasteiger partial charge in [0.05, 0.1) is 34.5 Å². The Bertz CT molecular complexity index is 1280. The Morgan fingerprint density at radius 1 is 0.812 bits per heavy atom. The summed E-state index contributed by atoms with van der Waals surface area (Å²) >= 11 is 0. The quantitative estimate of drug-likeness (QED) is 0.245. The molecule has 0 aliphatic heterocycles. The maximum Gasteiger partial charge on any atom is 0.418 e. The number of hydrogen-bond donors (Lipinski definition) is 3. The van der Waals surface area contributed by atoms with Crippen LogP contribution in [0, 0.1) is 13.8 Å². The number of hydrogen-bond acceptors (Lipinski definition) is 2. The number of benzene rings is 2. The minimum absolute atomic E-state index is 0.0328. The summed E-state index contributed by atoms with van der Waals surface area (Å²) in [6, 6.07) is 7.89. The molecule has 2 aromatic heterocycles. The van der Waals surface area contributed by atoms with Crippen LogP contribution in [0.15, 0.2) is 36.4 Å². The van der Waals surface area contributed by atoms with Crippen LogP contribution in [0.25, 0.3) is 21.8 Å². The van der Waals surface area contributed by atoms with Gasteiger partial charge in [0.2, 0.25) is 0 Å². The van der Waals surface area contributed by atoms with E-state index in [1.165, 1.54) is 12.1 Å². The van der Waals surface area contributed by atoms with E-state index in [4.69, 9.17) is 5.11 Å². The molecule has 4 rings (SSSR count). The molecule has 170 valence electrons. The lowest BCUT2D eigenvalue weighted by Crippen LogP contribution is -2.05. The van der Waals surface area contributed by atoms with Crippen LogP contribution in [0.5, 0.6) is 0 Å². The van der Waals surface area contributed by atoms with Gasteiger partial charge in [0.25, 0.3) is 0 Å². The zero-order chi connectivity index (χ0) is 23.8. The molecule has 32 heavy (non-hydrogen) atoms. The summed E-state index contributed by atoms with van der Waals surface area (Å²) in [4.78, 5) is 15.8. The third-order valence-corrected chi connectivity index (χ3v) is 5.22. The average Bonchev–Trinajstić information content (AvgIpc) is 3.23. The molecule has 3 N–H and O–H groups in total. The Hall–Kier alpha value is -3.27. The molecule has 0 spiro atoms. The number of para-hydroxylation sites is 2. The van der Waals surface area contributed by atoms with Crippen LogP contribution < -0.4 is 0 Å². The number of rotatable bonds is 2. The SMILES string of the molecule is Cc1c(C=O)[nH]c2c(C(F)(F)F)cccc12.Cc1c(CO)[nH]c2c(C(F)(F)F)cccc12. The number of nitrogens with one attached hydrogen (secondary N) is 2. The monoisotopic (exact) mass is 456 g/mol. The highest BCUT2D eigenvalue weighted by atomic mass is 19.4. The standard InChI is InChI=1S/C11H10F3NO.C11H8F3NO/c2*1-6-7-3-2-4-8(11(12,13)14)10(7)15-9(6)5-16/h2-4,15-16H,5H2,1H3;2-5,15H,1H3. The highest BCUT2D eigenvalue weighted by Gasteiger charge is 2.34. The molecule has 10 heteroatoms. The molecule has 0 saturated heterocycles. The highest BCUT2D eigenvalue weighted by molar-refractivity contribution is 5.94.